The van der Waals surface area contributed by atoms with Gasteiger partial charge in [-0.05, 0) is 50.4 Å². The maximum atomic E-state index is 2.56. The molecule has 0 heterocycles. The van der Waals surface area contributed by atoms with Crippen LogP contribution >= 0.6 is 0 Å². The fourth-order valence-electron chi connectivity index (χ4n) is 2.92. The van der Waals surface area contributed by atoms with E-state index in [2.05, 4.69) is 32.1 Å². The van der Waals surface area contributed by atoms with E-state index in [1.54, 1.807) is 5.57 Å². The van der Waals surface area contributed by atoms with Gasteiger partial charge in [0.05, 0.1) is 0 Å². The van der Waals surface area contributed by atoms with Crippen LogP contribution in [-0.2, 0) is 0 Å². The Hall–Kier alpha value is -0.520. The molecule has 0 aromatic carbocycles. The van der Waals surface area contributed by atoms with E-state index in [-0.39, 0.29) is 0 Å². The van der Waals surface area contributed by atoms with Crippen molar-refractivity contribution in [1.29, 1.82) is 0 Å². The van der Waals surface area contributed by atoms with Crippen molar-refractivity contribution in [2.24, 2.45) is 17.8 Å². The molecule has 3 unspecified atom stereocenters. The molecule has 1 saturated carbocycles. The molecule has 0 aromatic heterocycles. The first kappa shape index (κ1) is 10.0. The van der Waals surface area contributed by atoms with Gasteiger partial charge in [0.2, 0.25) is 0 Å². The first-order valence-electron chi connectivity index (χ1n) is 6.15. The van der Waals surface area contributed by atoms with E-state index in [9.17, 15) is 0 Å². The molecule has 0 spiro atoms. The summed E-state index contributed by atoms with van der Waals surface area (Å²) in [4.78, 5) is 0. The lowest BCUT2D eigenvalue weighted by Gasteiger charge is -2.14. The van der Waals surface area contributed by atoms with Gasteiger partial charge in [-0.15, -0.1) is 0 Å². The second-order valence-corrected chi connectivity index (χ2v) is 5.06. The predicted octanol–water partition coefficient (Wildman–Crippen LogP) is 4.34. The van der Waals surface area contributed by atoms with E-state index < -0.39 is 0 Å². The third-order valence-electron chi connectivity index (χ3n) is 3.75. The van der Waals surface area contributed by atoms with Crippen molar-refractivity contribution in [3.05, 3.63) is 23.8 Å². The Morgan fingerprint density at radius 3 is 2.79 bits per heavy atom. The van der Waals surface area contributed by atoms with Crippen LogP contribution < -0.4 is 0 Å². The molecule has 2 aliphatic rings. The first-order chi connectivity index (χ1) is 6.79. The summed E-state index contributed by atoms with van der Waals surface area (Å²) in [6.45, 7) is 4.58. The zero-order valence-electron chi connectivity index (χ0n) is 9.50. The van der Waals surface area contributed by atoms with Crippen LogP contribution in [0.2, 0.25) is 0 Å². The van der Waals surface area contributed by atoms with Crippen molar-refractivity contribution >= 4 is 0 Å². The summed E-state index contributed by atoms with van der Waals surface area (Å²) < 4.78 is 0. The zero-order chi connectivity index (χ0) is 9.97. The quantitative estimate of drug-likeness (QED) is 0.579. The van der Waals surface area contributed by atoms with Crippen LogP contribution in [-0.4, -0.2) is 0 Å². The highest BCUT2D eigenvalue weighted by Gasteiger charge is 2.33. The van der Waals surface area contributed by atoms with E-state index >= 15 is 0 Å². The molecule has 78 valence electrons. The number of rotatable bonds is 4. The van der Waals surface area contributed by atoms with Gasteiger partial charge in [-0.25, -0.2) is 0 Å². The monoisotopic (exact) mass is 190 g/mol. The predicted molar refractivity (Wildman–Crippen MR) is 62.1 cm³/mol. The van der Waals surface area contributed by atoms with E-state index in [0.717, 1.165) is 17.8 Å². The van der Waals surface area contributed by atoms with Crippen molar-refractivity contribution in [3.63, 3.8) is 0 Å². The summed E-state index contributed by atoms with van der Waals surface area (Å²) in [7, 11) is 0. The molecule has 0 nitrogen and oxygen atoms in total. The number of hydrogen-bond donors (Lipinski definition) is 0. The van der Waals surface area contributed by atoms with E-state index in [4.69, 9.17) is 0 Å². The largest absolute Gasteiger partial charge is 0.0851 e. The second kappa shape index (κ2) is 4.33. The fraction of sp³-hybridized carbons (Fsp3) is 0.714. The molecule has 0 saturated heterocycles. The molecule has 0 aromatic rings. The van der Waals surface area contributed by atoms with Crippen LogP contribution in [0.1, 0.15) is 46.0 Å². The maximum absolute atomic E-state index is 2.56. The SMILES string of the molecule is CCCCC(C)=CC1CC2C=CC1C2. The van der Waals surface area contributed by atoms with Crippen LogP contribution in [0.25, 0.3) is 0 Å². The average molecular weight is 190 g/mol. The Morgan fingerprint density at radius 1 is 1.36 bits per heavy atom. The molecule has 0 heteroatoms. The molecule has 0 radical (unpaired) electrons. The molecule has 0 N–H and O–H groups in total. The highest BCUT2D eigenvalue weighted by molar-refractivity contribution is 5.16. The van der Waals surface area contributed by atoms with Crippen molar-refractivity contribution < 1.29 is 0 Å². The average Bonchev–Trinajstić information content (AvgIpc) is 2.76. The Labute approximate surface area is 88.1 Å². The van der Waals surface area contributed by atoms with Gasteiger partial charge in [-0.3, -0.25) is 0 Å². The van der Waals surface area contributed by atoms with Crippen molar-refractivity contribution in [2.45, 2.75) is 46.0 Å². The van der Waals surface area contributed by atoms with E-state index in [0.29, 0.717) is 0 Å². The minimum Gasteiger partial charge on any atom is -0.0851 e. The fourth-order valence-corrected chi connectivity index (χ4v) is 2.92. The topological polar surface area (TPSA) is 0 Å². The molecule has 1 fully saturated rings. The summed E-state index contributed by atoms with van der Waals surface area (Å²) in [5, 5.41) is 0. The molecular weight excluding hydrogens is 168 g/mol. The lowest BCUT2D eigenvalue weighted by atomic mass is 9.91. The normalized spacial score (nSPS) is 35.6. The van der Waals surface area contributed by atoms with Gasteiger partial charge in [0, 0.05) is 0 Å². The molecule has 2 bridgehead atoms. The highest BCUT2D eigenvalue weighted by Crippen LogP contribution is 2.44. The van der Waals surface area contributed by atoms with Gasteiger partial charge in [0.15, 0.2) is 0 Å². The minimum atomic E-state index is 0.877. The van der Waals surface area contributed by atoms with Crippen LogP contribution in [0.15, 0.2) is 23.8 Å². The standard InChI is InChI=1S/C14H22/c1-3-4-5-11(2)8-14-10-12-6-7-13(14)9-12/h6-8,12-14H,3-5,9-10H2,1-2H3. The lowest BCUT2D eigenvalue weighted by molar-refractivity contribution is 0.544. The van der Waals surface area contributed by atoms with Gasteiger partial charge < -0.3 is 0 Å². The minimum absolute atomic E-state index is 0.877. The summed E-state index contributed by atoms with van der Waals surface area (Å²) >= 11 is 0. The number of fused-ring (bicyclic) bond motifs is 2. The van der Waals surface area contributed by atoms with Gasteiger partial charge in [-0.1, -0.05) is 37.1 Å². The number of allylic oxidation sites excluding steroid dienone is 4. The molecule has 2 rings (SSSR count). The molecule has 0 aliphatic heterocycles. The van der Waals surface area contributed by atoms with Gasteiger partial charge in [-0.2, -0.15) is 0 Å². The van der Waals surface area contributed by atoms with Crippen LogP contribution in [0.3, 0.4) is 0 Å². The molecular formula is C14H22. The van der Waals surface area contributed by atoms with E-state index in [1.165, 1.54) is 32.1 Å². The summed E-state index contributed by atoms with van der Waals surface area (Å²) in [5.41, 5.74) is 1.62. The molecule has 3 atom stereocenters. The van der Waals surface area contributed by atoms with Crippen molar-refractivity contribution in [2.75, 3.05) is 0 Å². The molecule has 14 heavy (non-hydrogen) atoms. The van der Waals surface area contributed by atoms with E-state index in [1.807, 2.05) is 0 Å². The van der Waals surface area contributed by atoms with Crippen LogP contribution in [0.5, 0.6) is 0 Å². The van der Waals surface area contributed by atoms with Crippen LogP contribution in [0, 0.1) is 17.8 Å². The summed E-state index contributed by atoms with van der Waals surface area (Å²) in [6, 6.07) is 0. The Bertz CT molecular complexity index is 247. The Kier molecular flexibility index (Phi) is 3.10. The third-order valence-corrected chi connectivity index (χ3v) is 3.75. The zero-order valence-corrected chi connectivity index (χ0v) is 9.50. The Morgan fingerprint density at radius 2 is 2.21 bits per heavy atom. The van der Waals surface area contributed by atoms with Crippen LogP contribution in [0.4, 0.5) is 0 Å². The Balaban J connectivity index is 1.88. The summed E-state index contributed by atoms with van der Waals surface area (Å²) in [6.07, 6.45) is 14.3. The lowest BCUT2D eigenvalue weighted by Crippen LogP contribution is -2.03. The van der Waals surface area contributed by atoms with Gasteiger partial charge in [0.25, 0.3) is 0 Å². The van der Waals surface area contributed by atoms with Crippen molar-refractivity contribution in [1.82, 2.24) is 0 Å². The molecule has 2 aliphatic carbocycles. The number of hydrogen-bond acceptors (Lipinski definition) is 0. The number of unbranched alkanes of at least 4 members (excludes halogenated alkanes) is 1. The third kappa shape index (κ3) is 2.10. The smallest absolute Gasteiger partial charge is 0.0162 e. The maximum Gasteiger partial charge on any atom is -0.0162 e. The highest BCUT2D eigenvalue weighted by atomic mass is 14.4. The van der Waals surface area contributed by atoms with Crippen molar-refractivity contribution in [3.8, 4) is 0 Å². The summed E-state index contributed by atoms with van der Waals surface area (Å²) in [5.74, 6) is 2.68. The van der Waals surface area contributed by atoms with Gasteiger partial charge in [0.1, 0.15) is 0 Å². The first-order valence-corrected chi connectivity index (χ1v) is 6.15. The van der Waals surface area contributed by atoms with Gasteiger partial charge >= 0.3 is 0 Å². The second-order valence-electron chi connectivity index (χ2n) is 5.06. The molecule has 0 amide bonds.